The van der Waals surface area contributed by atoms with Crippen LogP contribution in [0.15, 0.2) is 4.99 Å². The van der Waals surface area contributed by atoms with Crippen molar-refractivity contribution in [3.63, 3.8) is 0 Å². The molecule has 3 rings (SSSR count). The average molecular weight is 556 g/mol. The minimum atomic E-state index is -2.84. The third kappa shape index (κ3) is 7.81. The first-order chi connectivity index (χ1) is 14.0. The second kappa shape index (κ2) is 12.4. The molecule has 1 saturated carbocycles. The van der Waals surface area contributed by atoms with Crippen LogP contribution in [0.5, 0.6) is 0 Å². The zero-order chi connectivity index (χ0) is 20.7. The fourth-order valence-electron chi connectivity index (χ4n) is 4.48. The Morgan fingerprint density at radius 1 is 1.07 bits per heavy atom. The van der Waals surface area contributed by atoms with E-state index in [9.17, 15) is 13.2 Å². The third-order valence-corrected chi connectivity index (χ3v) is 7.87. The number of nitrogens with one attached hydrogen (secondary N) is 2. The molecule has 2 aliphatic heterocycles. The molecule has 2 heterocycles. The van der Waals surface area contributed by atoms with E-state index in [-0.39, 0.29) is 47.4 Å². The van der Waals surface area contributed by atoms with E-state index in [2.05, 4.69) is 20.5 Å². The van der Waals surface area contributed by atoms with Gasteiger partial charge >= 0.3 is 0 Å². The highest BCUT2D eigenvalue weighted by atomic mass is 127. The summed E-state index contributed by atoms with van der Waals surface area (Å²) >= 11 is 0. The number of carbonyl (C=O) groups is 1. The van der Waals surface area contributed by atoms with Gasteiger partial charge in [0.15, 0.2) is 15.8 Å². The Morgan fingerprint density at radius 2 is 1.77 bits per heavy atom. The Bertz CT molecular complexity index is 668. The third-order valence-electron chi connectivity index (χ3n) is 6.26. The number of sulfone groups is 1. The maximum absolute atomic E-state index is 12.8. The summed E-state index contributed by atoms with van der Waals surface area (Å²) in [5, 5.41) is 6.77. The molecule has 2 saturated heterocycles. The molecule has 1 aliphatic carbocycles. The second-order valence-corrected chi connectivity index (χ2v) is 10.8. The Hall–Kier alpha value is -0.620. The van der Waals surface area contributed by atoms with Crippen LogP contribution in [0.4, 0.5) is 0 Å². The van der Waals surface area contributed by atoms with Gasteiger partial charge in [-0.05, 0) is 26.2 Å². The number of likely N-dealkylation sites (tertiary alicyclic amines) is 1. The summed E-state index contributed by atoms with van der Waals surface area (Å²) < 4.78 is 23.1. The van der Waals surface area contributed by atoms with Crippen LogP contribution in [0.3, 0.4) is 0 Å². The van der Waals surface area contributed by atoms with E-state index in [4.69, 9.17) is 0 Å². The minimum absolute atomic E-state index is 0. The molecule has 0 spiro atoms. The molecule has 3 fully saturated rings. The molecule has 0 aromatic carbocycles. The molecule has 1 atom stereocenters. The summed E-state index contributed by atoms with van der Waals surface area (Å²) in [6, 6.07) is 0.237. The summed E-state index contributed by atoms with van der Waals surface area (Å²) in [5.41, 5.74) is 0. The van der Waals surface area contributed by atoms with Gasteiger partial charge in [0.1, 0.15) is 0 Å². The van der Waals surface area contributed by atoms with Crippen LogP contribution in [0, 0.1) is 5.92 Å². The predicted molar refractivity (Wildman–Crippen MR) is 131 cm³/mol. The van der Waals surface area contributed by atoms with Crippen molar-refractivity contribution in [2.75, 3.05) is 57.3 Å². The van der Waals surface area contributed by atoms with E-state index in [1.807, 2.05) is 11.8 Å². The van der Waals surface area contributed by atoms with Crippen molar-refractivity contribution < 1.29 is 13.2 Å². The van der Waals surface area contributed by atoms with E-state index in [1.54, 1.807) is 0 Å². The van der Waals surface area contributed by atoms with E-state index >= 15 is 0 Å². The number of nitrogens with zero attached hydrogens (tertiary/aromatic N) is 3. The number of aliphatic imine (C=N–C) groups is 1. The van der Waals surface area contributed by atoms with E-state index in [0.717, 1.165) is 51.4 Å². The molecule has 0 radical (unpaired) electrons. The Kier molecular flexibility index (Phi) is 10.6. The fourth-order valence-corrected chi connectivity index (χ4v) is 5.75. The smallest absolute Gasteiger partial charge is 0.225 e. The first-order valence-electron chi connectivity index (χ1n) is 11.2. The fraction of sp³-hybridized carbons (Fsp3) is 0.900. The summed E-state index contributed by atoms with van der Waals surface area (Å²) in [6.07, 6.45) is 6.69. The quantitative estimate of drug-likeness (QED) is 0.290. The highest BCUT2D eigenvalue weighted by Gasteiger charge is 2.31. The lowest BCUT2D eigenvalue weighted by molar-refractivity contribution is -0.135. The van der Waals surface area contributed by atoms with Crippen LogP contribution in [-0.2, 0) is 14.6 Å². The van der Waals surface area contributed by atoms with Gasteiger partial charge in [-0.2, -0.15) is 0 Å². The number of halogens is 1. The topological polar surface area (TPSA) is 94.1 Å². The summed E-state index contributed by atoms with van der Waals surface area (Å²) in [5.74, 6) is 1.87. The Labute approximate surface area is 198 Å². The lowest BCUT2D eigenvalue weighted by Gasteiger charge is -2.26. The molecule has 8 nitrogen and oxygen atoms in total. The number of carbonyl (C=O) groups excluding carboxylic acids is 1. The van der Waals surface area contributed by atoms with Gasteiger partial charge in [-0.1, -0.05) is 19.3 Å². The number of guanidine groups is 1. The van der Waals surface area contributed by atoms with Gasteiger partial charge in [-0.25, -0.2) is 8.42 Å². The highest BCUT2D eigenvalue weighted by Crippen LogP contribution is 2.26. The molecule has 0 aromatic heterocycles. The van der Waals surface area contributed by atoms with Crippen molar-refractivity contribution in [1.82, 2.24) is 20.4 Å². The molecule has 0 bridgehead atoms. The van der Waals surface area contributed by atoms with Crippen molar-refractivity contribution in [1.29, 1.82) is 0 Å². The Balaban J connectivity index is 0.00000320. The zero-order valence-electron chi connectivity index (χ0n) is 18.1. The van der Waals surface area contributed by atoms with Gasteiger partial charge in [-0.15, -0.1) is 24.0 Å². The molecular formula is C20H38IN5O3S. The second-order valence-electron chi connectivity index (χ2n) is 8.50. The van der Waals surface area contributed by atoms with E-state index in [0.29, 0.717) is 25.5 Å². The van der Waals surface area contributed by atoms with Crippen LogP contribution < -0.4 is 10.6 Å². The van der Waals surface area contributed by atoms with Gasteiger partial charge in [0.05, 0.1) is 18.1 Å². The van der Waals surface area contributed by atoms with Crippen molar-refractivity contribution >= 4 is 45.7 Å². The number of amides is 1. The number of rotatable bonds is 6. The average Bonchev–Trinajstić information content (AvgIpc) is 3.18. The normalized spacial score (nSPS) is 25.6. The molecule has 2 N–H and O–H groups in total. The van der Waals surface area contributed by atoms with Crippen molar-refractivity contribution in [2.24, 2.45) is 10.9 Å². The summed E-state index contributed by atoms with van der Waals surface area (Å²) in [4.78, 5) is 21.6. The molecule has 10 heteroatoms. The summed E-state index contributed by atoms with van der Waals surface area (Å²) in [7, 11) is -2.84. The predicted octanol–water partition coefficient (Wildman–Crippen LogP) is 1.07. The molecule has 174 valence electrons. The minimum Gasteiger partial charge on any atom is -0.357 e. The number of hydrogen-bond donors (Lipinski definition) is 2. The molecule has 0 aromatic rings. The van der Waals surface area contributed by atoms with Crippen LogP contribution >= 0.6 is 24.0 Å². The van der Waals surface area contributed by atoms with E-state index < -0.39 is 9.84 Å². The lowest BCUT2D eigenvalue weighted by Crippen LogP contribution is -2.46. The van der Waals surface area contributed by atoms with Crippen LogP contribution in [0.25, 0.3) is 0 Å². The molecule has 1 amide bonds. The molecule has 30 heavy (non-hydrogen) atoms. The number of hydrogen-bond acceptors (Lipinski definition) is 5. The summed E-state index contributed by atoms with van der Waals surface area (Å²) in [6.45, 7) is 7.01. The Morgan fingerprint density at radius 3 is 2.43 bits per heavy atom. The highest BCUT2D eigenvalue weighted by molar-refractivity contribution is 14.0. The molecule has 3 aliphatic rings. The van der Waals surface area contributed by atoms with Gasteiger partial charge in [0, 0.05) is 51.2 Å². The van der Waals surface area contributed by atoms with Crippen molar-refractivity contribution in [3.8, 4) is 0 Å². The monoisotopic (exact) mass is 555 g/mol. The van der Waals surface area contributed by atoms with Gasteiger partial charge < -0.3 is 15.5 Å². The maximum atomic E-state index is 12.8. The van der Waals surface area contributed by atoms with Gasteiger partial charge in [0.2, 0.25) is 5.91 Å². The standard InChI is InChI=1S/C20H37N5O3S.HI/c1-2-21-20(22-9-11-24-12-14-29(27,28)15-13-24)23-18-8-10-25(16-18)19(26)17-6-4-3-5-7-17;/h17-18H,2-16H2,1H3,(H2,21,22,23);1H. The molecular weight excluding hydrogens is 517 g/mol. The SMILES string of the molecule is CCNC(=NCCN1CCS(=O)(=O)CC1)NC1CCN(C(=O)C2CCCCC2)C1.I. The van der Waals surface area contributed by atoms with E-state index in [1.165, 1.54) is 19.3 Å². The van der Waals surface area contributed by atoms with Crippen LogP contribution in [0.1, 0.15) is 45.4 Å². The first-order valence-corrected chi connectivity index (χ1v) is 13.1. The lowest BCUT2D eigenvalue weighted by atomic mass is 9.88. The first kappa shape index (κ1) is 25.6. The maximum Gasteiger partial charge on any atom is 0.225 e. The van der Waals surface area contributed by atoms with Crippen LogP contribution in [-0.4, -0.2) is 93.4 Å². The van der Waals surface area contributed by atoms with Crippen LogP contribution in [0.2, 0.25) is 0 Å². The van der Waals surface area contributed by atoms with Crippen molar-refractivity contribution in [2.45, 2.75) is 51.5 Å². The largest absolute Gasteiger partial charge is 0.357 e. The van der Waals surface area contributed by atoms with Gasteiger partial charge in [0.25, 0.3) is 0 Å². The molecule has 1 unspecified atom stereocenters. The zero-order valence-corrected chi connectivity index (χ0v) is 21.3. The van der Waals surface area contributed by atoms with Crippen molar-refractivity contribution in [3.05, 3.63) is 0 Å². The van der Waals surface area contributed by atoms with Gasteiger partial charge in [-0.3, -0.25) is 14.7 Å².